The van der Waals surface area contributed by atoms with Crippen LogP contribution in [0.25, 0.3) is 10.8 Å². The number of anilines is 1. The third-order valence-electron chi connectivity index (χ3n) is 4.34. The van der Waals surface area contributed by atoms with Crippen LogP contribution < -0.4 is 15.6 Å². The number of amides is 1. The number of allylic oxidation sites excluding steroid dienone is 1. The highest BCUT2D eigenvalue weighted by molar-refractivity contribution is 5.94. The number of fused-ring (bicyclic) bond motifs is 1. The van der Waals surface area contributed by atoms with E-state index in [1.165, 1.54) is 0 Å². The second-order valence-corrected chi connectivity index (χ2v) is 6.41. The first-order valence-corrected chi connectivity index (χ1v) is 9.46. The van der Waals surface area contributed by atoms with E-state index in [0.29, 0.717) is 40.9 Å². The molecule has 1 amide bonds. The number of ether oxygens (including phenoxy) is 2. The number of hydrogen-bond acceptors (Lipinski definition) is 5. The highest BCUT2D eigenvalue weighted by Crippen LogP contribution is 2.23. The lowest BCUT2D eigenvalue weighted by molar-refractivity contribution is -0.118. The predicted octanol–water partition coefficient (Wildman–Crippen LogP) is 3.38. The van der Waals surface area contributed by atoms with Crippen molar-refractivity contribution < 1.29 is 19.1 Å². The third-order valence-corrected chi connectivity index (χ3v) is 4.34. The van der Waals surface area contributed by atoms with Gasteiger partial charge in [-0.25, -0.2) is 4.79 Å². The highest BCUT2D eigenvalue weighted by Gasteiger charge is 2.10. The van der Waals surface area contributed by atoms with E-state index >= 15 is 0 Å². The summed E-state index contributed by atoms with van der Waals surface area (Å²) in [7, 11) is 0. The molecule has 3 rings (SSSR count). The van der Waals surface area contributed by atoms with Crippen molar-refractivity contribution in [3.63, 3.8) is 0 Å². The van der Waals surface area contributed by atoms with Crippen LogP contribution in [0.5, 0.6) is 5.75 Å². The fourth-order valence-corrected chi connectivity index (χ4v) is 2.94. The number of pyridine rings is 1. The lowest BCUT2D eigenvalue weighted by atomic mass is 10.1. The predicted molar refractivity (Wildman–Crippen MR) is 115 cm³/mol. The minimum absolute atomic E-state index is 0.149. The van der Waals surface area contributed by atoms with E-state index in [2.05, 4.69) is 11.9 Å². The van der Waals surface area contributed by atoms with Gasteiger partial charge >= 0.3 is 5.97 Å². The van der Waals surface area contributed by atoms with Gasteiger partial charge in [-0.1, -0.05) is 12.1 Å². The molecule has 0 radical (unpaired) electrons. The molecule has 154 valence electrons. The van der Waals surface area contributed by atoms with Crippen molar-refractivity contribution in [3.05, 3.63) is 83.3 Å². The van der Waals surface area contributed by atoms with E-state index in [9.17, 15) is 14.4 Å². The van der Waals surface area contributed by atoms with Crippen LogP contribution in [0.3, 0.4) is 0 Å². The van der Waals surface area contributed by atoms with Gasteiger partial charge in [0.15, 0.2) is 6.61 Å². The number of hydrogen-bond donors (Lipinski definition) is 1. The van der Waals surface area contributed by atoms with E-state index in [4.69, 9.17) is 9.47 Å². The molecule has 0 fully saturated rings. The van der Waals surface area contributed by atoms with Crippen LogP contribution in [0.4, 0.5) is 5.69 Å². The van der Waals surface area contributed by atoms with Crippen molar-refractivity contribution >= 4 is 28.3 Å². The molecule has 0 bridgehead atoms. The Bertz CT molecular complexity index is 1130. The average Bonchev–Trinajstić information content (AvgIpc) is 2.75. The first-order valence-electron chi connectivity index (χ1n) is 9.46. The Balaban J connectivity index is 1.67. The Morgan fingerprint density at radius 3 is 2.57 bits per heavy atom. The highest BCUT2D eigenvalue weighted by atomic mass is 16.5. The summed E-state index contributed by atoms with van der Waals surface area (Å²) in [6, 6.07) is 13.3. The Morgan fingerprint density at radius 1 is 1.10 bits per heavy atom. The van der Waals surface area contributed by atoms with Crippen LogP contribution in [-0.4, -0.2) is 29.7 Å². The molecule has 30 heavy (non-hydrogen) atoms. The molecule has 0 spiro atoms. The first kappa shape index (κ1) is 20.9. The van der Waals surface area contributed by atoms with E-state index in [0.717, 1.165) is 0 Å². The molecule has 0 aliphatic rings. The fraction of sp³-hybridized carbons (Fsp3) is 0.174. The molecule has 2 aromatic carbocycles. The molecule has 0 aliphatic heterocycles. The zero-order valence-corrected chi connectivity index (χ0v) is 16.6. The molecule has 1 aromatic heterocycles. The van der Waals surface area contributed by atoms with Gasteiger partial charge in [0.1, 0.15) is 5.75 Å². The van der Waals surface area contributed by atoms with Gasteiger partial charge in [-0.3, -0.25) is 9.59 Å². The second kappa shape index (κ2) is 9.56. The smallest absolute Gasteiger partial charge is 0.338 e. The largest absolute Gasteiger partial charge is 0.483 e. The van der Waals surface area contributed by atoms with E-state index in [1.807, 2.05) is 0 Å². The van der Waals surface area contributed by atoms with Gasteiger partial charge in [0.05, 0.1) is 17.6 Å². The molecule has 3 aromatic rings. The fourth-order valence-electron chi connectivity index (χ4n) is 2.94. The van der Waals surface area contributed by atoms with Gasteiger partial charge in [0, 0.05) is 23.8 Å². The average molecular weight is 406 g/mol. The number of nitrogens with zero attached hydrogens (tertiary/aromatic N) is 1. The summed E-state index contributed by atoms with van der Waals surface area (Å²) in [6.45, 7) is 5.87. The van der Waals surface area contributed by atoms with Gasteiger partial charge in [-0.15, -0.1) is 6.58 Å². The van der Waals surface area contributed by atoms with Gasteiger partial charge in [-0.05, 0) is 49.4 Å². The molecular weight excluding hydrogens is 384 g/mol. The van der Waals surface area contributed by atoms with Crippen LogP contribution in [0.2, 0.25) is 0 Å². The summed E-state index contributed by atoms with van der Waals surface area (Å²) in [5, 5.41) is 3.84. The molecule has 0 atom stereocenters. The molecule has 1 N–H and O–H groups in total. The Morgan fingerprint density at radius 2 is 1.87 bits per heavy atom. The second-order valence-electron chi connectivity index (χ2n) is 6.41. The Labute approximate surface area is 173 Å². The van der Waals surface area contributed by atoms with Crippen LogP contribution in [-0.2, 0) is 16.1 Å². The molecule has 0 saturated heterocycles. The summed E-state index contributed by atoms with van der Waals surface area (Å²) in [6.07, 6.45) is 3.32. The monoisotopic (exact) mass is 406 g/mol. The van der Waals surface area contributed by atoms with Gasteiger partial charge < -0.3 is 19.4 Å². The summed E-state index contributed by atoms with van der Waals surface area (Å²) < 4.78 is 12.1. The number of aromatic nitrogens is 1. The molecule has 0 unspecified atom stereocenters. The number of esters is 1. The van der Waals surface area contributed by atoms with Gasteiger partial charge in [-0.2, -0.15) is 0 Å². The van der Waals surface area contributed by atoms with Gasteiger partial charge in [0.2, 0.25) is 0 Å². The number of nitrogens with one attached hydrogen (secondary N) is 1. The lowest BCUT2D eigenvalue weighted by Crippen LogP contribution is -2.21. The standard InChI is InChI=1S/C23H22N2O5/c1-3-13-25-14-12-18-19(22(25)27)6-5-7-20(18)30-15-21(26)24-17-10-8-16(9-11-17)23(28)29-4-2/h3,5-12,14H,1,4,13,15H2,2H3,(H,24,26). The van der Waals surface area contributed by atoms with E-state index < -0.39 is 5.97 Å². The first-order chi connectivity index (χ1) is 14.5. The van der Waals surface area contributed by atoms with Crippen LogP contribution in [0.15, 0.2) is 72.2 Å². The third kappa shape index (κ3) is 4.75. The minimum Gasteiger partial charge on any atom is -0.483 e. The number of rotatable bonds is 8. The zero-order chi connectivity index (χ0) is 21.5. The molecule has 7 heteroatoms. The zero-order valence-electron chi connectivity index (χ0n) is 16.6. The summed E-state index contributed by atoms with van der Waals surface area (Å²) in [5.41, 5.74) is 0.787. The van der Waals surface area contributed by atoms with Crippen molar-refractivity contribution in [1.29, 1.82) is 0 Å². The van der Waals surface area contributed by atoms with Crippen LogP contribution in [0, 0.1) is 0 Å². The van der Waals surface area contributed by atoms with Crippen molar-refractivity contribution in [1.82, 2.24) is 4.57 Å². The molecule has 7 nitrogen and oxygen atoms in total. The Kier molecular flexibility index (Phi) is 6.64. The molecule has 1 heterocycles. The van der Waals surface area contributed by atoms with Gasteiger partial charge in [0.25, 0.3) is 11.5 Å². The van der Waals surface area contributed by atoms with Crippen LogP contribution >= 0.6 is 0 Å². The summed E-state index contributed by atoms with van der Waals surface area (Å²) in [5.74, 6) is -0.333. The van der Waals surface area contributed by atoms with Crippen LogP contribution in [0.1, 0.15) is 17.3 Å². The van der Waals surface area contributed by atoms with Crippen molar-refractivity contribution in [3.8, 4) is 5.75 Å². The Hall–Kier alpha value is -3.87. The number of carbonyl (C=O) groups excluding carboxylic acids is 2. The van der Waals surface area contributed by atoms with Crippen molar-refractivity contribution in [2.45, 2.75) is 13.5 Å². The topological polar surface area (TPSA) is 86.6 Å². The lowest BCUT2D eigenvalue weighted by Gasteiger charge is -2.11. The maximum atomic E-state index is 12.5. The minimum atomic E-state index is -0.415. The summed E-state index contributed by atoms with van der Waals surface area (Å²) >= 11 is 0. The number of benzene rings is 2. The van der Waals surface area contributed by atoms with Crippen molar-refractivity contribution in [2.75, 3.05) is 18.5 Å². The van der Waals surface area contributed by atoms with E-state index in [-0.39, 0.29) is 18.1 Å². The number of carbonyl (C=O) groups is 2. The SMILES string of the molecule is C=CCn1ccc2c(OCC(=O)Nc3ccc(C(=O)OCC)cc3)cccc2c1=O. The quantitative estimate of drug-likeness (QED) is 0.458. The maximum Gasteiger partial charge on any atom is 0.338 e. The summed E-state index contributed by atoms with van der Waals surface area (Å²) in [4.78, 5) is 36.4. The van der Waals surface area contributed by atoms with Crippen molar-refractivity contribution in [2.24, 2.45) is 0 Å². The maximum absolute atomic E-state index is 12.5. The molecular formula is C23H22N2O5. The molecule has 0 saturated carbocycles. The van der Waals surface area contributed by atoms with E-state index in [1.54, 1.807) is 72.3 Å². The molecule has 0 aliphatic carbocycles. The normalized spacial score (nSPS) is 10.4.